The average Bonchev–Trinajstić information content (AvgIpc) is 2.70. The standard InChI is InChI=1S/C22H16ClNO3/c23-18-8-4-5-9-19(18)24-21(25)15-10-11-17-16(12-15)13-20(27-22(17)26)14-6-2-1-3-7-14/h1-12,20H,13H2,(H,24,25)/t20-/m1/s1. The molecule has 1 aliphatic rings. The molecule has 0 spiro atoms. The van der Waals surface area contributed by atoms with Crippen LogP contribution in [-0.4, -0.2) is 11.9 Å². The molecule has 0 aromatic heterocycles. The lowest BCUT2D eigenvalue weighted by molar-refractivity contribution is 0.0252. The van der Waals surface area contributed by atoms with Gasteiger partial charge in [-0.2, -0.15) is 0 Å². The van der Waals surface area contributed by atoms with E-state index in [0.29, 0.717) is 28.3 Å². The molecule has 1 N–H and O–H groups in total. The number of carbonyl (C=O) groups excluding carboxylic acids is 2. The molecule has 1 atom stereocenters. The number of ether oxygens (including phenoxy) is 1. The maximum absolute atomic E-state index is 12.6. The van der Waals surface area contributed by atoms with Crippen molar-refractivity contribution in [1.29, 1.82) is 0 Å². The van der Waals surface area contributed by atoms with Gasteiger partial charge in [-0.05, 0) is 41.5 Å². The number of cyclic esters (lactones) is 1. The van der Waals surface area contributed by atoms with Gasteiger partial charge in [-0.25, -0.2) is 4.79 Å². The zero-order valence-electron chi connectivity index (χ0n) is 14.3. The monoisotopic (exact) mass is 377 g/mol. The SMILES string of the molecule is O=C(Nc1ccccc1Cl)c1ccc2c(c1)C[C@H](c1ccccc1)OC2=O. The summed E-state index contributed by atoms with van der Waals surface area (Å²) in [5, 5.41) is 3.27. The highest BCUT2D eigenvalue weighted by atomic mass is 35.5. The maximum atomic E-state index is 12.6. The van der Waals surface area contributed by atoms with Crippen LogP contribution in [0.3, 0.4) is 0 Å². The summed E-state index contributed by atoms with van der Waals surface area (Å²) in [4.78, 5) is 24.9. The molecule has 3 aromatic rings. The number of nitrogens with one attached hydrogen (secondary N) is 1. The van der Waals surface area contributed by atoms with Gasteiger partial charge in [-0.3, -0.25) is 4.79 Å². The van der Waals surface area contributed by atoms with E-state index in [1.807, 2.05) is 30.3 Å². The third-order valence-corrected chi connectivity index (χ3v) is 4.86. The fourth-order valence-electron chi connectivity index (χ4n) is 3.15. The molecule has 134 valence electrons. The van der Waals surface area contributed by atoms with E-state index < -0.39 is 0 Å². The predicted molar refractivity (Wildman–Crippen MR) is 104 cm³/mol. The number of fused-ring (bicyclic) bond motifs is 1. The summed E-state index contributed by atoms with van der Waals surface area (Å²) in [6.45, 7) is 0. The van der Waals surface area contributed by atoms with Crippen LogP contribution in [0.25, 0.3) is 0 Å². The number of benzene rings is 3. The second kappa shape index (κ2) is 7.25. The number of anilines is 1. The molecule has 1 aliphatic heterocycles. The summed E-state index contributed by atoms with van der Waals surface area (Å²) >= 11 is 6.10. The van der Waals surface area contributed by atoms with Crippen LogP contribution in [0.2, 0.25) is 5.02 Å². The normalized spacial score (nSPS) is 15.6. The lowest BCUT2D eigenvalue weighted by atomic mass is 9.93. The van der Waals surface area contributed by atoms with Gasteiger partial charge < -0.3 is 10.1 Å². The lowest BCUT2D eigenvalue weighted by Crippen LogP contribution is -2.23. The van der Waals surface area contributed by atoms with Crippen molar-refractivity contribution < 1.29 is 14.3 Å². The fraction of sp³-hybridized carbons (Fsp3) is 0.0909. The molecule has 5 heteroatoms. The van der Waals surface area contributed by atoms with Gasteiger partial charge in [0.1, 0.15) is 6.10 Å². The van der Waals surface area contributed by atoms with Crippen LogP contribution in [0.5, 0.6) is 0 Å². The second-order valence-corrected chi connectivity index (χ2v) is 6.72. The molecule has 0 fully saturated rings. The molecule has 0 radical (unpaired) electrons. The Morgan fingerprint density at radius 3 is 2.52 bits per heavy atom. The maximum Gasteiger partial charge on any atom is 0.339 e. The van der Waals surface area contributed by atoms with Gasteiger partial charge in [-0.15, -0.1) is 0 Å². The number of amides is 1. The number of carbonyl (C=O) groups is 2. The van der Waals surface area contributed by atoms with E-state index in [1.54, 1.807) is 42.5 Å². The van der Waals surface area contributed by atoms with E-state index in [0.717, 1.165) is 11.1 Å². The Balaban J connectivity index is 1.60. The van der Waals surface area contributed by atoms with E-state index in [1.165, 1.54) is 0 Å². The van der Waals surface area contributed by atoms with Gasteiger partial charge in [0.15, 0.2) is 0 Å². The van der Waals surface area contributed by atoms with Crippen LogP contribution in [0.15, 0.2) is 72.8 Å². The van der Waals surface area contributed by atoms with Crippen LogP contribution in [-0.2, 0) is 11.2 Å². The molecule has 3 aromatic carbocycles. The van der Waals surface area contributed by atoms with Gasteiger partial charge in [0.25, 0.3) is 5.91 Å². The highest BCUT2D eigenvalue weighted by Gasteiger charge is 2.28. The summed E-state index contributed by atoms with van der Waals surface area (Å²) in [5.41, 5.74) is 3.24. The summed E-state index contributed by atoms with van der Waals surface area (Å²) in [6, 6.07) is 21.6. The smallest absolute Gasteiger partial charge is 0.339 e. The quantitative estimate of drug-likeness (QED) is 0.650. The van der Waals surface area contributed by atoms with Gasteiger partial charge in [0, 0.05) is 12.0 Å². The number of rotatable bonds is 3. The van der Waals surface area contributed by atoms with Crippen LogP contribution in [0, 0.1) is 0 Å². The third kappa shape index (κ3) is 3.57. The van der Waals surface area contributed by atoms with Crippen LogP contribution >= 0.6 is 11.6 Å². The fourth-order valence-corrected chi connectivity index (χ4v) is 3.33. The minimum atomic E-state index is -0.372. The van der Waals surface area contributed by atoms with Crippen molar-refractivity contribution in [2.75, 3.05) is 5.32 Å². The average molecular weight is 378 g/mol. The van der Waals surface area contributed by atoms with Crippen LogP contribution in [0.4, 0.5) is 5.69 Å². The topological polar surface area (TPSA) is 55.4 Å². The molecule has 0 unspecified atom stereocenters. The molecule has 4 nitrogen and oxygen atoms in total. The number of halogens is 1. The van der Waals surface area contributed by atoms with E-state index in [2.05, 4.69) is 5.32 Å². The first-order chi connectivity index (χ1) is 13.1. The van der Waals surface area contributed by atoms with Gasteiger partial charge >= 0.3 is 5.97 Å². The van der Waals surface area contributed by atoms with Crippen molar-refractivity contribution in [3.8, 4) is 0 Å². The summed E-state index contributed by atoms with van der Waals surface area (Å²) in [7, 11) is 0. The molecular weight excluding hydrogens is 362 g/mol. The molecule has 1 amide bonds. The van der Waals surface area contributed by atoms with E-state index >= 15 is 0 Å². The highest BCUT2D eigenvalue weighted by molar-refractivity contribution is 6.33. The Morgan fingerprint density at radius 1 is 1.00 bits per heavy atom. The Labute approximate surface area is 161 Å². The van der Waals surface area contributed by atoms with Gasteiger partial charge in [0.2, 0.25) is 0 Å². The molecule has 0 bridgehead atoms. The first-order valence-electron chi connectivity index (χ1n) is 8.56. The molecule has 0 saturated carbocycles. The van der Waals surface area contributed by atoms with Crippen molar-refractivity contribution >= 4 is 29.2 Å². The van der Waals surface area contributed by atoms with E-state index in [-0.39, 0.29) is 18.0 Å². The zero-order valence-corrected chi connectivity index (χ0v) is 15.1. The lowest BCUT2D eigenvalue weighted by Gasteiger charge is -2.25. The largest absolute Gasteiger partial charge is 0.454 e. The van der Waals surface area contributed by atoms with Crippen LogP contribution < -0.4 is 5.32 Å². The number of esters is 1. The predicted octanol–water partition coefficient (Wildman–Crippen LogP) is 5.05. The number of hydrogen-bond donors (Lipinski definition) is 1. The highest BCUT2D eigenvalue weighted by Crippen LogP contribution is 2.31. The number of hydrogen-bond acceptors (Lipinski definition) is 3. The molecule has 0 aliphatic carbocycles. The third-order valence-electron chi connectivity index (χ3n) is 4.54. The Kier molecular flexibility index (Phi) is 4.65. The Bertz CT molecular complexity index is 1020. The van der Waals surface area contributed by atoms with E-state index in [4.69, 9.17) is 16.3 Å². The first-order valence-corrected chi connectivity index (χ1v) is 8.94. The Morgan fingerprint density at radius 2 is 1.74 bits per heavy atom. The van der Waals surface area contributed by atoms with Gasteiger partial charge in [0.05, 0.1) is 16.3 Å². The molecule has 0 saturated heterocycles. The second-order valence-electron chi connectivity index (χ2n) is 6.31. The minimum absolute atomic E-state index is 0.277. The first kappa shape index (κ1) is 17.3. The minimum Gasteiger partial charge on any atom is -0.454 e. The molecular formula is C22H16ClNO3. The Hall–Kier alpha value is -3.11. The number of para-hydroxylation sites is 1. The molecule has 1 heterocycles. The summed E-state index contributed by atoms with van der Waals surface area (Å²) in [5.74, 6) is -0.649. The van der Waals surface area contributed by atoms with Gasteiger partial charge in [-0.1, -0.05) is 54.1 Å². The van der Waals surface area contributed by atoms with Crippen molar-refractivity contribution in [3.63, 3.8) is 0 Å². The molecule has 4 rings (SSSR count). The van der Waals surface area contributed by atoms with Crippen molar-refractivity contribution in [1.82, 2.24) is 0 Å². The zero-order chi connectivity index (χ0) is 18.8. The summed E-state index contributed by atoms with van der Waals surface area (Å²) < 4.78 is 5.55. The van der Waals surface area contributed by atoms with Crippen LogP contribution in [0.1, 0.15) is 37.9 Å². The van der Waals surface area contributed by atoms with Crippen molar-refractivity contribution in [2.45, 2.75) is 12.5 Å². The summed E-state index contributed by atoms with van der Waals surface area (Å²) in [6.07, 6.45) is 0.172. The van der Waals surface area contributed by atoms with Crippen molar-refractivity contribution in [3.05, 3.63) is 100 Å². The van der Waals surface area contributed by atoms with E-state index in [9.17, 15) is 9.59 Å². The van der Waals surface area contributed by atoms with Crippen molar-refractivity contribution in [2.24, 2.45) is 0 Å². The molecule has 27 heavy (non-hydrogen) atoms.